The number of pyridine rings is 1. The SMILES string of the molecule is CCNC(=NCc1ccnc(N2CCCC2)c1)NCC(C)(O)c1cccs1. The molecule has 1 aliphatic heterocycles. The summed E-state index contributed by atoms with van der Waals surface area (Å²) >= 11 is 1.56. The fourth-order valence-corrected chi connectivity index (χ4v) is 3.91. The standard InChI is InChI=1S/C20H29N5OS/c1-3-21-19(24-15-20(2,26)17-7-6-12-27-17)23-14-16-8-9-22-18(13-16)25-10-4-5-11-25/h6-9,12-13,26H,3-5,10-11,14-15H2,1-2H3,(H2,21,23,24). The van der Waals surface area contributed by atoms with Gasteiger partial charge in [0.25, 0.3) is 0 Å². The summed E-state index contributed by atoms with van der Waals surface area (Å²) in [5, 5.41) is 19.2. The first-order valence-corrected chi connectivity index (χ1v) is 10.4. The third-order valence-electron chi connectivity index (χ3n) is 4.66. The minimum atomic E-state index is -0.927. The molecule has 0 spiro atoms. The molecule has 0 aromatic carbocycles. The Labute approximate surface area is 165 Å². The lowest BCUT2D eigenvalue weighted by molar-refractivity contribution is 0.0655. The van der Waals surface area contributed by atoms with Crippen LogP contribution in [0.4, 0.5) is 5.82 Å². The Bertz CT molecular complexity index is 739. The lowest BCUT2D eigenvalue weighted by Crippen LogP contribution is -2.44. The van der Waals surface area contributed by atoms with Crippen molar-refractivity contribution in [3.05, 3.63) is 46.3 Å². The van der Waals surface area contributed by atoms with Crippen molar-refractivity contribution in [1.82, 2.24) is 15.6 Å². The predicted molar refractivity (Wildman–Crippen MR) is 112 cm³/mol. The van der Waals surface area contributed by atoms with Gasteiger partial charge in [-0.2, -0.15) is 0 Å². The molecule has 27 heavy (non-hydrogen) atoms. The Morgan fingerprint density at radius 2 is 2.15 bits per heavy atom. The Morgan fingerprint density at radius 3 is 2.85 bits per heavy atom. The number of hydrogen-bond acceptors (Lipinski definition) is 5. The van der Waals surface area contributed by atoms with Crippen molar-refractivity contribution >= 4 is 23.1 Å². The molecule has 2 aromatic heterocycles. The van der Waals surface area contributed by atoms with Crippen LogP contribution in [-0.2, 0) is 12.1 Å². The van der Waals surface area contributed by atoms with Crippen LogP contribution in [0.25, 0.3) is 0 Å². The molecule has 0 aliphatic carbocycles. The van der Waals surface area contributed by atoms with Gasteiger partial charge in [0.2, 0.25) is 0 Å². The van der Waals surface area contributed by atoms with Crippen molar-refractivity contribution in [2.24, 2.45) is 4.99 Å². The molecule has 2 aromatic rings. The van der Waals surface area contributed by atoms with E-state index in [1.165, 1.54) is 12.8 Å². The van der Waals surface area contributed by atoms with Crippen molar-refractivity contribution in [2.45, 2.75) is 38.8 Å². The Balaban J connectivity index is 1.62. The Hall–Kier alpha value is -2.12. The maximum absolute atomic E-state index is 10.7. The summed E-state index contributed by atoms with van der Waals surface area (Å²) in [7, 11) is 0. The molecule has 6 nitrogen and oxygen atoms in total. The van der Waals surface area contributed by atoms with Crippen molar-refractivity contribution in [3.8, 4) is 0 Å². The first-order valence-electron chi connectivity index (χ1n) is 9.57. The van der Waals surface area contributed by atoms with Crippen molar-refractivity contribution in [2.75, 3.05) is 31.1 Å². The van der Waals surface area contributed by atoms with Crippen LogP contribution in [0.2, 0.25) is 0 Å². The molecule has 0 bridgehead atoms. The Morgan fingerprint density at radius 1 is 1.33 bits per heavy atom. The molecular formula is C20H29N5OS. The van der Waals surface area contributed by atoms with E-state index in [1.807, 2.05) is 43.6 Å². The molecule has 146 valence electrons. The van der Waals surface area contributed by atoms with Gasteiger partial charge in [-0.1, -0.05) is 6.07 Å². The zero-order valence-electron chi connectivity index (χ0n) is 16.1. The van der Waals surface area contributed by atoms with Gasteiger partial charge in [-0.3, -0.25) is 0 Å². The summed E-state index contributed by atoms with van der Waals surface area (Å²) in [5.74, 6) is 1.74. The first-order chi connectivity index (χ1) is 13.1. The highest BCUT2D eigenvalue weighted by molar-refractivity contribution is 7.10. The molecular weight excluding hydrogens is 358 g/mol. The highest BCUT2D eigenvalue weighted by atomic mass is 32.1. The summed E-state index contributed by atoms with van der Waals surface area (Å²) < 4.78 is 0. The van der Waals surface area contributed by atoms with Crippen molar-refractivity contribution in [1.29, 1.82) is 0 Å². The number of aliphatic imine (C=N–C) groups is 1. The van der Waals surface area contributed by atoms with Crippen LogP contribution in [0.5, 0.6) is 0 Å². The van der Waals surface area contributed by atoms with Crippen LogP contribution in [0.1, 0.15) is 37.1 Å². The van der Waals surface area contributed by atoms with E-state index in [4.69, 9.17) is 0 Å². The van der Waals surface area contributed by atoms with Crippen molar-refractivity contribution < 1.29 is 5.11 Å². The van der Waals surface area contributed by atoms with Gasteiger partial charge in [0.15, 0.2) is 5.96 Å². The number of hydrogen-bond donors (Lipinski definition) is 3. The average Bonchev–Trinajstić information content (AvgIpc) is 3.38. The van der Waals surface area contributed by atoms with E-state index in [2.05, 4.69) is 31.6 Å². The lowest BCUT2D eigenvalue weighted by Gasteiger charge is -2.23. The monoisotopic (exact) mass is 387 g/mol. The second-order valence-electron chi connectivity index (χ2n) is 7.02. The van der Waals surface area contributed by atoms with Crippen LogP contribution in [0, 0.1) is 0 Å². The van der Waals surface area contributed by atoms with E-state index in [1.54, 1.807) is 11.3 Å². The highest BCUT2D eigenvalue weighted by Gasteiger charge is 2.24. The van der Waals surface area contributed by atoms with Gasteiger partial charge in [-0.25, -0.2) is 9.98 Å². The number of aliphatic hydroxyl groups is 1. The predicted octanol–water partition coefficient (Wildman–Crippen LogP) is 2.71. The van der Waals surface area contributed by atoms with Gasteiger partial charge in [-0.15, -0.1) is 11.3 Å². The summed E-state index contributed by atoms with van der Waals surface area (Å²) in [5.41, 5.74) is 0.207. The molecule has 0 saturated carbocycles. The number of nitrogens with zero attached hydrogens (tertiary/aromatic N) is 3. The van der Waals surface area contributed by atoms with E-state index in [0.29, 0.717) is 19.0 Å². The van der Waals surface area contributed by atoms with Gasteiger partial charge in [0, 0.05) is 30.7 Å². The lowest BCUT2D eigenvalue weighted by atomic mass is 10.1. The minimum Gasteiger partial charge on any atom is -0.383 e. The summed E-state index contributed by atoms with van der Waals surface area (Å²) in [6, 6.07) is 8.04. The van der Waals surface area contributed by atoms with Crippen LogP contribution >= 0.6 is 11.3 Å². The molecule has 1 aliphatic rings. The maximum atomic E-state index is 10.7. The van der Waals surface area contributed by atoms with Crippen LogP contribution < -0.4 is 15.5 Å². The minimum absolute atomic E-state index is 0.398. The molecule has 1 fully saturated rings. The van der Waals surface area contributed by atoms with Gasteiger partial charge in [0.1, 0.15) is 11.4 Å². The number of anilines is 1. The van der Waals surface area contributed by atoms with E-state index in [9.17, 15) is 5.11 Å². The van der Waals surface area contributed by atoms with Gasteiger partial charge in [-0.05, 0) is 55.8 Å². The molecule has 1 atom stereocenters. The molecule has 1 saturated heterocycles. The Kier molecular flexibility index (Phi) is 6.68. The number of nitrogens with one attached hydrogen (secondary N) is 2. The zero-order valence-corrected chi connectivity index (χ0v) is 16.9. The van der Waals surface area contributed by atoms with E-state index < -0.39 is 5.60 Å². The molecule has 0 radical (unpaired) electrons. The van der Waals surface area contributed by atoms with Gasteiger partial charge in [0.05, 0.1) is 13.1 Å². The molecule has 0 amide bonds. The zero-order chi connectivity index (χ0) is 19.1. The van der Waals surface area contributed by atoms with E-state index >= 15 is 0 Å². The third-order valence-corrected chi connectivity index (χ3v) is 5.78. The summed E-state index contributed by atoms with van der Waals surface area (Å²) in [6.45, 7) is 7.76. The molecule has 1 unspecified atom stereocenters. The van der Waals surface area contributed by atoms with Crippen LogP contribution in [-0.4, -0.2) is 42.2 Å². The van der Waals surface area contributed by atoms with Gasteiger partial charge < -0.3 is 20.6 Å². The van der Waals surface area contributed by atoms with Crippen LogP contribution in [0.3, 0.4) is 0 Å². The highest BCUT2D eigenvalue weighted by Crippen LogP contribution is 2.24. The number of aromatic nitrogens is 1. The number of thiophene rings is 1. The fraction of sp³-hybridized carbons (Fsp3) is 0.500. The number of rotatable bonds is 7. The van der Waals surface area contributed by atoms with Gasteiger partial charge >= 0.3 is 0 Å². The van der Waals surface area contributed by atoms with E-state index in [-0.39, 0.29) is 0 Å². The first kappa shape index (κ1) is 19.6. The normalized spacial score (nSPS) is 17.0. The maximum Gasteiger partial charge on any atom is 0.191 e. The van der Waals surface area contributed by atoms with Crippen LogP contribution in [0.15, 0.2) is 40.8 Å². The number of guanidine groups is 1. The molecule has 3 rings (SSSR count). The van der Waals surface area contributed by atoms with Crippen molar-refractivity contribution in [3.63, 3.8) is 0 Å². The molecule has 7 heteroatoms. The second-order valence-corrected chi connectivity index (χ2v) is 7.96. The molecule has 3 heterocycles. The largest absolute Gasteiger partial charge is 0.383 e. The fourth-order valence-electron chi connectivity index (χ4n) is 3.12. The molecule has 3 N–H and O–H groups in total. The smallest absolute Gasteiger partial charge is 0.191 e. The third kappa shape index (κ3) is 5.43. The average molecular weight is 388 g/mol. The quantitative estimate of drug-likeness (QED) is 0.503. The summed E-state index contributed by atoms with van der Waals surface area (Å²) in [4.78, 5) is 12.4. The topological polar surface area (TPSA) is 72.8 Å². The summed E-state index contributed by atoms with van der Waals surface area (Å²) in [6.07, 6.45) is 4.34. The second kappa shape index (κ2) is 9.19. The van der Waals surface area contributed by atoms with E-state index in [0.717, 1.165) is 35.9 Å².